The van der Waals surface area contributed by atoms with E-state index in [1.165, 1.54) is 31.5 Å². The van der Waals surface area contributed by atoms with Gasteiger partial charge in [0.1, 0.15) is 0 Å². The normalized spacial score (nSPS) is 27.8. The summed E-state index contributed by atoms with van der Waals surface area (Å²) in [6.07, 6.45) is 6.30. The largest absolute Gasteiger partial charge is 0.354 e. The lowest BCUT2D eigenvalue weighted by atomic mass is 9.74. The number of halogens is 2. The number of nitrogens with one attached hydrogen (secondary N) is 1. The van der Waals surface area contributed by atoms with Crippen molar-refractivity contribution in [1.29, 1.82) is 0 Å². The van der Waals surface area contributed by atoms with Crippen molar-refractivity contribution in [1.82, 2.24) is 10.3 Å². The van der Waals surface area contributed by atoms with Crippen LogP contribution in [0, 0.1) is 11.2 Å². The van der Waals surface area contributed by atoms with Crippen molar-refractivity contribution < 1.29 is 4.39 Å². The van der Waals surface area contributed by atoms with E-state index in [-0.39, 0.29) is 5.82 Å². The van der Waals surface area contributed by atoms with Crippen molar-refractivity contribution in [3.63, 3.8) is 0 Å². The van der Waals surface area contributed by atoms with E-state index in [0.29, 0.717) is 16.3 Å². The molecular weight excluding hydrogens is 265 g/mol. The van der Waals surface area contributed by atoms with Crippen LogP contribution in [0.4, 0.5) is 10.2 Å². The fraction of sp³-hybridized carbons (Fsp3) is 0.643. The van der Waals surface area contributed by atoms with Gasteiger partial charge in [-0.3, -0.25) is 0 Å². The first kappa shape index (κ1) is 13.1. The molecule has 0 aromatic carbocycles. The predicted octanol–water partition coefficient (Wildman–Crippen LogP) is 2.84. The molecule has 1 atom stereocenters. The molecule has 0 amide bonds. The summed E-state index contributed by atoms with van der Waals surface area (Å²) in [5, 5.41) is 3.83. The second-order valence-electron chi connectivity index (χ2n) is 5.76. The minimum Gasteiger partial charge on any atom is -0.354 e. The molecule has 2 aliphatic heterocycles. The van der Waals surface area contributed by atoms with Gasteiger partial charge < -0.3 is 10.2 Å². The Morgan fingerprint density at radius 2 is 2.21 bits per heavy atom. The first-order valence-electron chi connectivity index (χ1n) is 6.95. The highest BCUT2D eigenvalue weighted by molar-refractivity contribution is 6.30. The molecule has 1 N–H and O–H groups in total. The van der Waals surface area contributed by atoms with E-state index in [4.69, 9.17) is 11.6 Å². The van der Waals surface area contributed by atoms with Crippen LogP contribution >= 0.6 is 11.6 Å². The molecule has 1 spiro atoms. The van der Waals surface area contributed by atoms with Crippen LogP contribution in [0.1, 0.15) is 25.7 Å². The Kier molecular flexibility index (Phi) is 3.63. The number of aromatic nitrogens is 1. The maximum atomic E-state index is 14.0. The molecule has 3 heterocycles. The predicted molar refractivity (Wildman–Crippen MR) is 75.2 cm³/mol. The highest BCUT2D eigenvalue weighted by Gasteiger charge is 2.37. The maximum Gasteiger partial charge on any atom is 0.167 e. The van der Waals surface area contributed by atoms with Gasteiger partial charge in [0, 0.05) is 31.2 Å². The fourth-order valence-electron chi connectivity index (χ4n) is 3.41. The van der Waals surface area contributed by atoms with Crippen molar-refractivity contribution in [2.75, 3.05) is 31.1 Å². The van der Waals surface area contributed by atoms with E-state index >= 15 is 0 Å². The third kappa shape index (κ3) is 2.70. The van der Waals surface area contributed by atoms with E-state index in [1.54, 1.807) is 0 Å². The van der Waals surface area contributed by atoms with Crippen LogP contribution in [0.5, 0.6) is 0 Å². The van der Waals surface area contributed by atoms with E-state index in [9.17, 15) is 4.39 Å². The smallest absolute Gasteiger partial charge is 0.167 e. The van der Waals surface area contributed by atoms with Gasteiger partial charge >= 0.3 is 0 Å². The summed E-state index contributed by atoms with van der Waals surface area (Å²) < 4.78 is 14.0. The maximum absolute atomic E-state index is 14.0. The summed E-state index contributed by atoms with van der Waals surface area (Å²) in [6.45, 7) is 3.92. The number of nitrogens with zero attached hydrogens (tertiary/aromatic N) is 2. The van der Waals surface area contributed by atoms with Gasteiger partial charge in [-0.05, 0) is 38.3 Å². The van der Waals surface area contributed by atoms with Crippen molar-refractivity contribution >= 4 is 17.4 Å². The number of anilines is 1. The van der Waals surface area contributed by atoms with Crippen molar-refractivity contribution in [3.05, 3.63) is 23.1 Å². The Hall–Kier alpha value is -0.870. The molecule has 1 unspecified atom stereocenters. The zero-order valence-corrected chi connectivity index (χ0v) is 11.7. The molecule has 19 heavy (non-hydrogen) atoms. The van der Waals surface area contributed by atoms with E-state index in [1.807, 2.05) is 0 Å². The Balaban J connectivity index is 1.81. The summed E-state index contributed by atoms with van der Waals surface area (Å²) in [5.41, 5.74) is 0.296. The quantitative estimate of drug-likeness (QED) is 0.859. The van der Waals surface area contributed by atoms with Gasteiger partial charge in [0.2, 0.25) is 0 Å². The van der Waals surface area contributed by atoms with Gasteiger partial charge in [0.25, 0.3) is 0 Å². The topological polar surface area (TPSA) is 28.2 Å². The third-order valence-corrected chi connectivity index (χ3v) is 4.52. The van der Waals surface area contributed by atoms with E-state index in [2.05, 4.69) is 15.2 Å². The summed E-state index contributed by atoms with van der Waals surface area (Å²) in [5.74, 6) is 0.141. The molecule has 0 bridgehead atoms. The number of hydrogen-bond donors (Lipinski definition) is 1. The Labute approximate surface area is 118 Å². The van der Waals surface area contributed by atoms with Gasteiger partial charge in [0.05, 0.1) is 5.02 Å². The van der Waals surface area contributed by atoms with Gasteiger partial charge in [-0.25, -0.2) is 9.37 Å². The number of pyridine rings is 1. The number of hydrogen-bond acceptors (Lipinski definition) is 3. The van der Waals surface area contributed by atoms with Crippen LogP contribution in [0.15, 0.2) is 12.3 Å². The van der Waals surface area contributed by atoms with Crippen LogP contribution in [0.2, 0.25) is 5.02 Å². The standard InChI is InChI=1S/C14H19ClFN3/c15-11-7-12(16)13(18-8-11)19-6-2-4-14(10-19)3-1-5-17-9-14/h7-8,17H,1-6,9-10H2. The zero-order chi connectivity index (χ0) is 13.3. The molecule has 1 aromatic heterocycles. The van der Waals surface area contributed by atoms with E-state index in [0.717, 1.165) is 32.6 Å². The highest BCUT2D eigenvalue weighted by Crippen LogP contribution is 2.37. The second-order valence-corrected chi connectivity index (χ2v) is 6.20. The Bertz CT molecular complexity index is 454. The SMILES string of the molecule is Fc1cc(Cl)cnc1N1CCCC2(CCCNC2)C1. The summed E-state index contributed by atoms with van der Waals surface area (Å²) in [4.78, 5) is 6.26. The highest BCUT2D eigenvalue weighted by atomic mass is 35.5. The monoisotopic (exact) mass is 283 g/mol. The third-order valence-electron chi connectivity index (χ3n) is 4.31. The van der Waals surface area contributed by atoms with Gasteiger partial charge in [0.15, 0.2) is 11.6 Å². The van der Waals surface area contributed by atoms with Crippen LogP contribution in [-0.4, -0.2) is 31.2 Å². The fourth-order valence-corrected chi connectivity index (χ4v) is 3.55. The average Bonchev–Trinajstić information content (AvgIpc) is 2.39. The van der Waals surface area contributed by atoms with Crippen LogP contribution in [0.3, 0.4) is 0 Å². The van der Waals surface area contributed by atoms with Crippen LogP contribution < -0.4 is 10.2 Å². The van der Waals surface area contributed by atoms with Crippen molar-refractivity contribution in [3.8, 4) is 0 Å². The molecule has 0 saturated carbocycles. The molecule has 3 nitrogen and oxygen atoms in total. The lowest BCUT2D eigenvalue weighted by Crippen LogP contribution is -2.51. The average molecular weight is 284 g/mol. The first-order chi connectivity index (χ1) is 9.19. The van der Waals surface area contributed by atoms with Gasteiger partial charge in [-0.15, -0.1) is 0 Å². The van der Waals surface area contributed by atoms with Crippen molar-refractivity contribution in [2.24, 2.45) is 5.41 Å². The lowest BCUT2D eigenvalue weighted by molar-refractivity contribution is 0.172. The minimum atomic E-state index is -0.312. The second kappa shape index (κ2) is 5.25. The molecule has 2 fully saturated rings. The summed E-state index contributed by atoms with van der Waals surface area (Å²) in [7, 11) is 0. The molecule has 2 aliphatic rings. The molecule has 2 saturated heterocycles. The Morgan fingerprint density at radius 1 is 1.37 bits per heavy atom. The number of piperidine rings is 2. The summed E-state index contributed by atoms with van der Waals surface area (Å²) in [6, 6.07) is 1.35. The van der Waals surface area contributed by atoms with Crippen LogP contribution in [0.25, 0.3) is 0 Å². The molecule has 0 radical (unpaired) electrons. The molecule has 3 rings (SSSR count). The minimum absolute atomic E-state index is 0.296. The van der Waals surface area contributed by atoms with Gasteiger partial charge in [-0.2, -0.15) is 0 Å². The van der Waals surface area contributed by atoms with E-state index < -0.39 is 0 Å². The molecule has 1 aromatic rings. The Morgan fingerprint density at radius 3 is 2.95 bits per heavy atom. The lowest BCUT2D eigenvalue weighted by Gasteiger charge is -2.45. The molecular formula is C14H19ClFN3. The summed E-state index contributed by atoms with van der Waals surface area (Å²) >= 11 is 5.77. The zero-order valence-electron chi connectivity index (χ0n) is 11.0. The first-order valence-corrected chi connectivity index (χ1v) is 7.33. The number of rotatable bonds is 1. The van der Waals surface area contributed by atoms with Crippen LogP contribution in [-0.2, 0) is 0 Å². The van der Waals surface area contributed by atoms with Gasteiger partial charge in [-0.1, -0.05) is 11.6 Å². The molecule has 5 heteroatoms. The molecule has 104 valence electrons. The molecule has 0 aliphatic carbocycles. The van der Waals surface area contributed by atoms with Crippen molar-refractivity contribution in [2.45, 2.75) is 25.7 Å².